The van der Waals surface area contributed by atoms with Gasteiger partial charge in [0.25, 0.3) is 11.7 Å². The second-order valence-corrected chi connectivity index (χ2v) is 14.0. The average Bonchev–Trinajstić information content (AvgIpc) is 3.38. The van der Waals surface area contributed by atoms with Gasteiger partial charge in [0.1, 0.15) is 18.2 Å². The number of ether oxygens (including phenoxy) is 1. The lowest BCUT2D eigenvalue weighted by molar-refractivity contribution is -0.112. The molecule has 1 aliphatic rings. The monoisotopic (exact) mass is 588 g/mol. The number of fused-ring (bicyclic) bond motifs is 1. The highest BCUT2D eigenvalue weighted by atomic mass is 32.2. The molecule has 4 aromatic rings. The average molecular weight is 589 g/mol. The van der Waals surface area contributed by atoms with E-state index in [-0.39, 0.29) is 22.5 Å². The summed E-state index contributed by atoms with van der Waals surface area (Å²) >= 11 is 0. The van der Waals surface area contributed by atoms with Gasteiger partial charge in [-0.25, -0.2) is 13.1 Å². The number of nitrogens with zero attached hydrogens (tertiary/aromatic N) is 3. The Hall–Kier alpha value is -4.02. The first-order chi connectivity index (χ1) is 19.9. The SMILES string of the molecule is Cc1ccc(-n2nc(C(C)(C)C)cc2NC(=O)C(=O)c2ccc(OCCN3CCS(=O)(=O)CC3)c3ccccc23)cc1. The summed E-state index contributed by atoms with van der Waals surface area (Å²) in [5, 5.41) is 8.87. The predicted octanol–water partition coefficient (Wildman–Crippen LogP) is 4.56. The zero-order chi connectivity index (χ0) is 30.1. The number of sulfone groups is 1. The number of hydrogen-bond acceptors (Lipinski definition) is 7. The first-order valence-corrected chi connectivity index (χ1v) is 15.8. The van der Waals surface area contributed by atoms with Crippen molar-refractivity contribution >= 4 is 38.1 Å². The zero-order valence-corrected chi connectivity index (χ0v) is 25.2. The van der Waals surface area contributed by atoms with Gasteiger partial charge in [0.15, 0.2) is 9.84 Å². The third-order valence-corrected chi connectivity index (χ3v) is 9.04. The second-order valence-electron chi connectivity index (χ2n) is 11.7. The highest BCUT2D eigenvalue weighted by Gasteiger charge is 2.25. The van der Waals surface area contributed by atoms with Crippen molar-refractivity contribution in [3.63, 3.8) is 0 Å². The molecule has 0 aliphatic carbocycles. The Morgan fingerprint density at radius 3 is 2.29 bits per heavy atom. The third kappa shape index (κ3) is 6.55. The van der Waals surface area contributed by atoms with Gasteiger partial charge >= 0.3 is 0 Å². The molecule has 42 heavy (non-hydrogen) atoms. The van der Waals surface area contributed by atoms with Crippen molar-refractivity contribution in [2.75, 3.05) is 43.1 Å². The fourth-order valence-electron chi connectivity index (χ4n) is 4.87. The van der Waals surface area contributed by atoms with Gasteiger partial charge in [-0.15, -0.1) is 0 Å². The molecule has 1 aromatic heterocycles. The molecule has 5 rings (SSSR count). The Morgan fingerprint density at radius 1 is 0.952 bits per heavy atom. The minimum atomic E-state index is -2.94. The van der Waals surface area contributed by atoms with Crippen molar-refractivity contribution < 1.29 is 22.7 Å². The van der Waals surface area contributed by atoms with Crippen LogP contribution in [0.1, 0.15) is 42.4 Å². The molecular weight excluding hydrogens is 552 g/mol. The Balaban J connectivity index is 1.35. The van der Waals surface area contributed by atoms with Crippen LogP contribution in [-0.2, 0) is 20.0 Å². The van der Waals surface area contributed by atoms with Crippen LogP contribution >= 0.6 is 0 Å². The summed E-state index contributed by atoms with van der Waals surface area (Å²) in [6.07, 6.45) is 0. The van der Waals surface area contributed by atoms with E-state index in [0.717, 1.165) is 22.3 Å². The molecule has 10 heteroatoms. The van der Waals surface area contributed by atoms with Gasteiger partial charge in [-0.1, -0.05) is 62.7 Å². The van der Waals surface area contributed by atoms with Gasteiger partial charge in [-0.05, 0) is 36.6 Å². The molecule has 0 bridgehead atoms. The largest absolute Gasteiger partial charge is 0.492 e. The zero-order valence-electron chi connectivity index (χ0n) is 24.4. The van der Waals surface area contributed by atoms with Crippen molar-refractivity contribution in [1.82, 2.24) is 14.7 Å². The Bertz CT molecular complexity index is 1720. The number of ketones is 1. The summed E-state index contributed by atoms with van der Waals surface area (Å²) in [6.45, 7) is 10.1. The minimum Gasteiger partial charge on any atom is -0.492 e. The van der Waals surface area contributed by atoms with Crippen molar-refractivity contribution in [3.05, 3.63) is 83.6 Å². The van der Waals surface area contributed by atoms with Crippen molar-refractivity contribution in [3.8, 4) is 11.4 Å². The minimum absolute atomic E-state index is 0.165. The Kier molecular flexibility index (Phi) is 8.21. The molecule has 0 spiro atoms. The van der Waals surface area contributed by atoms with Crippen LogP contribution in [0.2, 0.25) is 0 Å². The number of benzene rings is 3. The summed E-state index contributed by atoms with van der Waals surface area (Å²) in [7, 11) is -2.94. The molecule has 2 heterocycles. The van der Waals surface area contributed by atoms with E-state index in [9.17, 15) is 18.0 Å². The molecule has 0 radical (unpaired) electrons. The van der Waals surface area contributed by atoms with Gasteiger partial charge in [0.05, 0.1) is 22.9 Å². The van der Waals surface area contributed by atoms with Crippen LogP contribution in [0.25, 0.3) is 16.5 Å². The smallest absolute Gasteiger partial charge is 0.297 e. The van der Waals surface area contributed by atoms with E-state index in [1.165, 1.54) is 0 Å². The molecular formula is C32H36N4O5S. The molecule has 1 fully saturated rings. The van der Waals surface area contributed by atoms with Crippen LogP contribution < -0.4 is 10.1 Å². The lowest BCUT2D eigenvalue weighted by Gasteiger charge is -2.26. The maximum absolute atomic E-state index is 13.5. The van der Waals surface area contributed by atoms with Gasteiger partial charge in [-0.3, -0.25) is 14.5 Å². The molecule has 3 aromatic carbocycles. The van der Waals surface area contributed by atoms with E-state index >= 15 is 0 Å². The van der Waals surface area contributed by atoms with Crippen LogP contribution in [0.3, 0.4) is 0 Å². The summed E-state index contributed by atoms with van der Waals surface area (Å²) in [6, 6.07) is 20.2. The van der Waals surface area contributed by atoms with E-state index in [0.29, 0.717) is 43.2 Å². The molecule has 1 N–H and O–H groups in total. The number of aromatic nitrogens is 2. The highest BCUT2D eigenvalue weighted by molar-refractivity contribution is 7.91. The molecule has 0 unspecified atom stereocenters. The highest BCUT2D eigenvalue weighted by Crippen LogP contribution is 2.30. The molecule has 0 saturated carbocycles. The fraction of sp³-hybridized carbons (Fsp3) is 0.344. The van der Waals surface area contributed by atoms with E-state index < -0.39 is 21.5 Å². The van der Waals surface area contributed by atoms with Crippen molar-refractivity contribution in [2.45, 2.75) is 33.1 Å². The summed E-state index contributed by atoms with van der Waals surface area (Å²) < 4.78 is 31.1. The molecule has 0 atom stereocenters. The van der Waals surface area contributed by atoms with Crippen LogP contribution in [0.4, 0.5) is 5.82 Å². The summed E-state index contributed by atoms with van der Waals surface area (Å²) in [4.78, 5) is 28.9. The van der Waals surface area contributed by atoms with E-state index in [1.807, 2.05) is 70.2 Å². The topological polar surface area (TPSA) is 111 Å². The first kappa shape index (κ1) is 29.5. The lowest BCUT2D eigenvalue weighted by Crippen LogP contribution is -2.42. The summed E-state index contributed by atoms with van der Waals surface area (Å²) in [5.74, 6) is -0.0869. The number of carbonyl (C=O) groups excluding carboxylic acids is 2. The van der Waals surface area contributed by atoms with Crippen molar-refractivity contribution in [1.29, 1.82) is 0 Å². The maximum atomic E-state index is 13.5. The Morgan fingerprint density at radius 2 is 1.62 bits per heavy atom. The van der Waals surface area contributed by atoms with Gasteiger partial charge in [0.2, 0.25) is 0 Å². The molecule has 1 aliphatic heterocycles. The van der Waals surface area contributed by atoms with Crippen LogP contribution in [0, 0.1) is 6.92 Å². The normalized spacial score (nSPS) is 15.4. The fourth-order valence-corrected chi connectivity index (χ4v) is 6.15. The maximum Gasteiger partial charge on any atom is 0.297 e. The number of aryl methyl sites for hydroxylation is 1. The second kappa shape index (κ2) is 11.7. The molecule has 220 valence electrons. The van der Waals surface area contributed by atoms with Gasteiger partial charge in [-0.2, -0.15) is 5.10 Å². The van der Waals surface area contributed by atoms with Gasteiger partial charge < -0.3 is 10.1 Å². The van der Waals surface area contributed by atoms with E-state index in [4.69, 9.17) is 9.84 Å². The first-order valence-electron chi connectivity index (χ1n) is 14.0. The molecule has 9 nitrogen and oxygen atoms in total. The van der Waals surface area contributed by atoms with E-state index in [2.05, 4.69) is 10.2 Å². The molecule has 1 saturated heterocycles. The Labute approximate surface area is 246 Å². The molecule has 1 amide bonds. The number of Topliss-reactive ketones (excluding diaryl/α,β-unsaturated/α-hetero) is 1. The predicted molar refractivity (Wildman–Crippen MR) is 164 cm³/mol. The number of carbonyl (C=O) groups is 2. The van der Waals surface area contributed by atoms with Gasteiger partial charge in [0, 0.05) is 42.1 Å². The third-order valence-electron chi connectivity index (χ3n) is 7.43. The standard InChI is InChI=1S/C32H36N4O5S/c1-22-9-11-23(12-10-22)36-29(21-28(34-36)32(2,3)4)33-31(38)30(37)26-13-14-27(25-8-6-5-7-24(25)26)41-18-15-35-16-19-42(39,40)20-17-35/h5-14,21H,15-20H2,1-4H3,(H,33,38). The van der Waals surface area contributed by atoms with E-state index in [1.54, 1.807) is 28.9 Å². The number of rotatable bonds is 8. The van der Waals surface area contributed by atoms with Crippen LogP contribution in [0.15, 0.2) is 66.7 Å². The number of amides is 1. The summed E-state index contributed by atoms with van der Waals surface area (Å²) in [5.41, 5.74) is 2.66. The lowest BCUT2D eigenvalue weighted by atomic mass is 9.92. The van der Waals surface area contributed by atoms with Crippen LogP contribution in [0.5, 0.6) is 5.75 Å². The quantitative estimate of drug-likeness (QED) is 0.237. The number of nitrogens with one attached hydrogen (secondary N) is 1. The number of anilines is 1. The van der Waals surface area contributed by atoms with Crippen LogP contribution in [-0.4, -0.2) is 72.5 Å². The number of hydrogen-bond donors (Lipinski definition) is 1. The van der Waals surface area contributed by atoms with Crippen molar-refractivity contribution in [2.24, 2.45) is 0 Å².